The highest BCUT2D eigenvalue weighted by atomic mass is 32.1. The van der Waals surface area contributed by atoms with E-state index in [-0.39, 0.29) is 5.97 Å². The quantitative estimate of drug-likeness (QED) is 0.601. The molecule has 0 amide bonds. The lowest BCUT2D eigenvalue weighted by Gasteiger charge is -2.10. The van der Waals surface area contributed by atoms with E-state index < -0.39 is 0 Å². The Morgan fingerprint density at radius 2 is 1.77 bits per heavy atom. The molecule has 2 aromatic carbocycles. The van der Waals surface area contributed by atoms with Crippen LogP contribution < -0.4 is 4.80 Å². The van der Waals surface area contributed by atoms with Gasteiger partial charge in [0.05, 0.1) is 18.0 Å². The van der Waals surface area contributed by atoms with E-state index in [0.717, 1.165) is 34.6 Å². The van der Waals surface area contributed by atoms with Gasteiger partial charge in [-0.2, -0.15) is 0 Å². The minimum absolute atomic E-state index is 0.278. The monoisotopic (exact) mass is 364 g/mol. The molecule has 0 bridgehead atoms. The largest absolute Gasteiger partial charge is 0.462 e. The summed E-state index contributed by atoms with van der Waals surface area (Å²) in [7, 11) is 0. The lowest BCUT2D eigenvalue weighted by atomic mass is 10.1. The SMILES string of the molecule is CCOC(=O)c1sc(=Nc2ccccc2)n(C2CC2)c1-c1ccccc1. The molecule has 1 heterocycles. The first-order chi connectivity index (χ1) is 12.8. The van der Waals surface area contributed by atoms with Gasteiger partial charge in [-0.3, -0.25) is 0 Å². The number of aromatic nitrogens is 1. The average molecular weight is 364 g/mol. The van der Waals surface area contributed by atoms with Gasteiger partial charge in [0.1, 0.15) is 4.88 Å². The first-order valence-electron chi connectivity index (χ1n) is 8.85. The van der Waals surface area contributed by atoms with Crippen LogP contribution in [0.5, 0.6) is 0 Å². The number of rotatable bonds is 5. The summed E-state index contributed by atoms with van der Waals surface area (Å²) in [6, 6.07) is 20.3. The second-order valence-electron chi connectivity index (χ2n) is 6.20. The number of hydrogen-bond donors (Lipinski definition) is 0. The van der Waals surface area contributed by atoms with E-state index in [0.29, 0.717) is 17.5 Å². The van der Waals surface area contributed by atoms with E-state index in [1.54, 1.807) is 0 Å². The Balaban J connectivity index is 1.96. The van der Waals surface area contributed by atoms with Crippen LogP contribution in [-0.2, 0) is 4.74 Å². The van der Waals surface area contributed by atoms with Crippen molar-refractivity contribution in [1.82, 2.24) is 4.57 Å². The predicted molar refractivity (Wildman–Crippen MR) is 104 cm³/mol. The molecule has 4 nitrogen and oxygen atoms in total. The maximum Gasteiger partial charge on any atom is 0.350 e. The van der Waals surface area contributed by atoms with Crippen LogP contribution >= 0.6 is 11.3 Å². The number of benzene rings is 2. The van der Waals surface area contributed by atoms with E-state index in [4.69, 9.17) is 9.73 Å². The number of para-hydroxylation sites is 1. The van der Waals surface area contributed by atoms with Crippen molar-refractivity contribution < 1.29 is 9.53 Å². The molecular weight excluding hydrogens is 344 g/mol. The number of thiazole rings is 1. The van der Waals surface area contributed by atoms with Crippen molar-refractivity contribution in [2.75, 3.05) is 6.61 Å². The smallest absolute Gasteiger partial charge is 0.350 e. The van der Waals surface area contributed by atoms with Crippen LogP contribution in [0.25, 0.3) is 11.3 Å². The molecular formula is C21H20N2O2S. The van der Waals surface area contributed by atoms with Gasteiger partial charge >= 0.3 is 5.97 Å². The molecule has 0 spiro atoms. The molecule has 0 saturated heterocycles. The standard InChI is InChI=1S/C21H20N2O2S/c1-2-25-20(24)19-18(15-9-5-3-6-10-15)23(17-13-14-17)21(26-19)22-16-11-7-4-8-12-16/h3-12,17H,2,13-14H2,1H3. The molecule has 1 aliphatic rings. The van der Waals surface area contributed by atoms with Gasteiger partial charge in [0.25, 0.3) is 0 Å². The Morgan fingerprint density at radius 1 is 1.12 bits per heavy atom. The Morgan fingerprint density at radius 3 is 2.38 bits per heavy atom. The fraction of sp³-hybridized carbons (Fsp3) is 0.238. The van der Waals surface area contributed by atoms with Gasteiger partial charge in [-0.1, -0.05) is 59.9 Å². The molecule has 4 rings (SSSR count). The molecule has 26 heavy (non-hydrogen) atoms. The zero-order chi connectivity index (χ0) is 17.9. The lowest BCUT2D eigenvalue weighted by Crippen LogP contribution is -2.14. The maximum absolute atomic E-state index is 12.6. The summed E-state index contributed by atoms with van der Waals surface area (Å²) in [5, 5.41) is 0. The molecule has 132 valence electrons. The van der Waals surface area contributed by atoms with Crippen molar-refractivity contribution in [2.24, 2.45) is 4.99 Å². The maximum atomic E-state index is 12.6. The van der Waals surface area contributed by atoms with E-state index in [9.17, 15) is 4.79 Å². The van der Waals surface area contributed by atoms with Gasteiger partial charge in [-0.15, -0.1) is 0 Å². The molecule has 0 atom stereocenters. The summed E-state index contributed by atoms with van der Waals surface area (Å²) in [5.41, 5.74) is 2.83. The molecule has 0 unspecified atom stereocenters. The second-order valence-corrected chi connectivity index (χ2v) is 7.17. The first-order valence-corrected chi connectivity index (χ1v) is 9.67. The van der Waals surface area contributed by atoms with Gasteiger partial charge in [0, 0.05) is 6.04 Å². The van der Waals surface area contributed by atoms with Crippen LogP contribution in [0.1, 0.15) is 35.5 Å². The van der Waals surface area contributed by atoms with Crippen LogP contribution in [0.4, 0.5) is 5.69 Å². The minimum Gasteiger partial charge on any atom is -0.462 e. The molecule has 0 aliphatic heterocycles. The molecule has 0 radical (unpaired) electrons. The Hall–Kier alpha value is -2.66. The average Bonchev–Trinajstić information content (AvgIpc) is 3.44. The van der Waals surface area contributed by atoms with Crippen molar-refractivity contribution in [1.29, 1.82) is 0 Å². The molecule has 1 aliphatic carbocycles. The fourth-order valence-corrected chi connectivity index (χ4v) is 4.08. The lowest BCUT2D eigenvalue weighted by molar-refractivity contribution is 0.0532. The fourth-order valence-electron chi connectivity index (χ4n) is 2.96. The van der Waals surface area contributed by atoms with Gasteiger partial charge in [0.15, 0.2) is 4.80 Å². The van der Waals surface area contributed by atoms with Crippen LogP contribution in [-0.4, -0.2) is 17.1 Å². The first kappa shape index (κ1) is 16.8. The summed E-state index contributed by atoms with van der Waals surface area (Å²) in [4.78, 5) is 18.9. The molecule has 1 saturated carbocycles. The van der Waals surface area contributed by atoms with Gasteiger partial charge in [0.2, 0.25) is 0 Å². The Bertz CT molecular complexity index is 970. The van der Waals surface area contributed by atoms with E-state index in [1.165, 1.54) is 11.3 Å². The van der Waals surface area contributed by atoms with E-state index >= 15 is 0 Å². The summed E-state index contributed by atoms with van der Waals surface area (Å²) < 4.78 is 7.55. The molecule has 1 aromatic heterocycles. The topological polar surface area (TPSA) is 43.6 Å². The highest BCUT2D eigenvalue weighted by Gasteiger charge is 2.31. The van der Waals surface area contributed by atoms with E-state index in [2.05, 4.69) is 4.57 Å². The van der Waals surface area contributed by atoms with Crippen molar-refractivity contribution >= 4 is 23.0 Å². The highest BCUT2D eigenvalue weighted by Crippen LogP contribution is 2.40. The highest BCUT2D eigenvalue weighted by molar-refractivity contribution is 7.11. The normalized spacial score (nSPS) is 14.4. The number of carbonyl (C=O) groups is 1. The van der Waals surface area contributed by atoms with Gasteiger partial charge < -0.3 is 9.30 Å². The number of nitrogens with zero attached hydrogens (tertiary/aromatic N) is 2. The van der Waals surface area contributed by atoms with Crippen molar-refractivity contribution in [3.05, 3.63) is 70.3 Å². The van der Waals surface area contributed by atoms with Crippen molar-refractivity contribution in [3.63, 3.8) is 0 Å². The number of esters is 1. The van der Waals surface area contributed by atoms with E-state index in [1.807, 2.05) is 67.6 Å². The third kappa shape index (κ3) is 3.35. The van der Waals surface area contributed by atoms with Gasteiger partial charge in [-0.05, 0) is 37.5 Å². The summed E-state index contributed by atoms with van der Waals surface area (Å²) in [5.74, 6) is -0.278. The molecule has 1 fully saturated rings. The third-order valence-electron chi connectivity index (χ3n) is 4.26. The third-order valence-corrected chi connectivity index (χ3v) is 5.29. The summed E-state index contributed by atoms with van der Waals surface area (Å²) in [6.07, 6.45) is 2.22. The zero-order valence-corrected chi connectivity index (χ0v) is 15.4. The van der Waals surface area contributed by atoms with Crippen LogP contribution in [0.15, 0.2) is 65.7 Å². The summed E-state index contributed by atoms with van der Waals surface area (Å²) in [6.45, 7) is 2.19. The van der Waals surface area contributed by atoms with Crippen molar-refractivity contribution in [3.8, 4) is 11.3 Å². The number of ether oxygens (including phenoxy) is 1. The molecule has 0 N–H and O–H groups in total. The number of hydrogen-bond acceptors (Lipinski definition) is 4. The van der Waals surface area contributed by atoms with Gasteiger partial charge in [-0.25, -0.2) is 9.79 Å². The van der Waals surface area contributed by atoms with Crippen LogP contribution in [0.2, 0.25) is 0 Å². The van der Waals surface area contributed by atoms with Crippen LogP contribution in [0.3, 0.4) is 0 Å². The zero-order valence-electron chi connectivity index (χ0n) is 14.6. The predicted octanol–water partition coefficient (Wildman–Crippen LogP) is 4.96. The van der Waals surface area contributed by atoms with Crippen LogP contribution in [0, 0.1) is 0 Å². The summed E-state index contributed by atoms with van der Waals surface area (Å²) >= 11 is 1.41. The van der Waals surface area contributed by atoms with Crippen molar-refractivity contribution in [2.45, 2.75) is 25.8 Å². The Labute approximate surface area is 156 Å². The molecule has 5 heteroatoms. The second kappa shape index (κ2) is 7.30. The molecule has 3 aromatic rings. The number of carbonyl (C=O) groups excluding carboxylic acids is 1. The Kier molecular flexibility index (Phi) is 4.71. The minimum atomic E-state index is -0.278.